The number of benzene rings is 1. The van der Waals surface area contributed by atoms with Crippen LogP contribution in [0.1, 0.15) is 0 Å². The van der Waals surface area contributed by atoms with Crippen LogP contribution in [-0.2, 0) is 0 Å². The summed E-state index contributed by atoms with van der Waals surface area (Å²) >= 11 is 3.41. The van der Waals surface area contributed by atoms with Crippen LogP contribution in [0.4, 0.5) is 0 Å². The summed E-state index contributed by atoms with van der Waals surface area (Å²) in [6.45, 7) is 0. The van der Waals surface area contributed by atoms with Gasteiger partial charge in [-0.2, -0.15) is 4.98 Å². The zero-order valence-corrected chi connectivity index (χ0v) is 8.98. The highest BCUT2D eigenvalue weighted by molar-refractivity contribution is 9.10. The molecule has 0 spiro atoms. The van der Waals surface area contributed by atoms with Crippen molar-refractivity contribution in [3.05, 3.63) is 29.1 Å². The fourth-order valence-corrected chi connectivity index (χ4v) is 1.63. The highest BCUT2D eigenvalue weighted by Crippen LogP contribution is 2.29. The van der Waals surface area contributed by atoms with Gasteiger partial charge >= 0.3 is 0 Å². The second kappa shape index (κ2) is 3.79. The summed E-state index contributed by atoms with van der Waals surface area (Å²) in [4.78, 5) is 3.95. The lowest BCUT2D eigenvalue weighted by Crippen LogP contribution is -1.86. The van der Waals surface area contributed by atoms with Gasteiger partial charge in [0, 0.05) is 10.0 Å². The summed E-state index contributed by atoms with van der Waals surface area (Å²) in [5.41, 5.74) is 0.875. The number of hydrogen-bond donors (Lipinski definition) is 0. The Balaban J connectivity index is 2.46. The Morgan fingerprint density at radius 1 is 1.43 bits per heavy atom. The van der Waals surface area contributed by atoms with Crippen molar-refractivity contribution in [1.82, 2.24) is 10.1 Å². The highest BCUT2D eigenvalue weighted by atomic mass is 79.9. The summed E-state index contributed by atoms with van der Waals surface area (Å²) in [7, 11) is 1.62. The fourth-order valence-electron chi connectivity index (χ4n) is 1.09. The van der Waals surface area contributed by atoms with Gasteiger partial charge in [-0.25, -0.2) is 0 Å². The number of aromatic nitrogens is 2. The minimum Gasteiger partial charge on any atom is -0.497 e. The Kier molecular flexibility index (Phi) is 2.49. The molecule has 0 saturated heterocycles. The first kappa shape index (κ1) is 9.21. The molecule has 5 heteroatoms. The molecule has 0 bridgehead atoms. The van der Waals surface area contributed by atoms with Gasteiger partial charge in [0.1, 0.15) is 5.75 Å². The van der Waals surface area contributed by atoms with Crippen LogP contribution in [0.2, 0.25) is 0 Å². The summed E-state index contributed by atoms with van der Waals surface area (Å²) in [6.07, 6.45) is 1.30. The number of rotatable bonds is 2. The molecular weight excluding hydrogens is 248 g/mol. The minimum absolute atomic E-state index is 0.555. The van der Waals surface area contributed by atoms with Crippen LogP contribution in [0.15, 0.2) is 33.6 Å². The van der Waals surface area contributed by atoms with Crippen LogP contribution in [0.3, 0.4) is 0 Å². The molecule has 0 radical (unpaired) electrons. The third kappa shape index (κ3) is 1.63. The Bertz CT molecular complexity index is 428. The van der Waals surface area contributed by atoms with E-state index in [9.17, 15) is 0 Å². The molecule has 0 N–H and O–H groups in total. The van der Waals surface area contributed by atoms with E-state index < -0.39 is 0 Å². The summed E-state index contributed by atoms with van der Waals surface area (Å²) < 4.78 is 10.6. The highest BCUT2D eigenvalue weighted by Gasteiger charge is 2.08. The van der Waals surface area contributed by atoms with E-state index in [0.29, 0.717) is 5.82 Å². The number of hydrogen-bond acceptors (Lipinski definition) is 4. The normalized spacial score (nSPS) is 10.1. The molecule has 2 aromatic rings. The molecule has 0 aliphatic carbocycles. The second-order valence-electron chi connectivity index (χ2n) is 2.60. The first-order chi connectivity index (χ1) is 6.81. The molecule has 0 fully saturated rings. The molecule has 1 heterocycles. The third-order valence-electron chi connectivity index (χ3n) is 1.78. The van der Waals surface area contributed by atoms with E-state index in [4.69, 9.17) is 4.74 Å². The average Bonchev–Trinajstić information content (AvgIpc) is 2.70. The van der Waals surface area contributed by atoms with Crippen LogP contribution in [0, 0.1) is 0 Å². The lowest BCUT2D eigenvalue weighted by atomic mass is 10.2. The van der Waals surface area contributed by atoms with Crippen molar-refractivity contribution in [2.45, 2.75) is 0 Å². The van der Waals surface area contributed by atoms with Crippen LogP contribution < -0.4 is 4.74 Å². The largest absolute Gasteiger partial charge is 0.497 e. The van der Waals surface area contributed by atoms with E-state index in [1.165, 1.54) is 6.39 Å². The van der Waals surface area contributed by atoms with Crippen molar-refractivity contribution in [2.24, 2.45) is 0 Å². The summed E-state index contributed by atoms with van der Waals surface area (Å²) in [5, 5.41) is 3.75. The molecular formula is C9H7BrN2O2. The van der Waals surface area contributed by atoms with Crippen molar-refractivity contribution < 1.29 is 9.26 Å². The molecule has 1 aromatic heterocycles. The maximum Gasteiger partial charge on any atom is 0.214 e. The van der Waals surface area contributed by atoms with Gasteiger partial charge < -0.3 is 9.26 Å². The molecule has 14 heavy (non-hydrogen) atoms. The predicted octanol–water partition coefficient (Wildman–Crippen LogP) is 2.51. The van der Waals surface area contributed by atoms with Crippen LogP contribution >= 0.6 is 15.9 Å². The second-order valence-corrected chi connectivity index (χ2v) is 3.45. The first-order valence-corrected chi connectivity index (χ1v) is 4.71. The quantitative estimate of drug-likeness (QED) is 0.827. The zero-order chi connectivity index (χ0) is 9.97. The molecule has 2 rings (SSSR count). The van der Waals surface area contributed by atoms with Gasteiger partial charge in [-0.15, -0.1) is 0 Å². The van der Waals surface area contributed by atoms with E-state index in [1.54, 1.807) is 7.11 Å². The Hall–Kier alpha value is -1.36. The Morgan fingerprint density at radius 3 is 2.86 bits per heavy atom. The van der Waals surface area contributed by atoms with Gasteiger partial charge in [0.2, 0.25) is 12.2 Å². The standard InChI is InChI=1S/C9H7BrN2O2/c1-13-6-2-3-7(8(10)4-6)9-11-5-14-12-9/h2-5H,1H3. The maximum atomic E-state index is 5.07. The summed E-state index contributed by atoms with van der Waals surface area (Å²) in [5.74, 6) is 1.34. The van der Waals surface area contributed by atoms with E-state index in [-0.39, 0.29) is 0 Å². The molecule has 4 nitrogen and oxygen atoms in total. The molecule has 0 saturated carbocycles. The van der Waals surface area contributed by atoms with Crippen molar-refractivity contribution in [2.75, 3.05) is 7.11 Å². The number of nitrogens with zero attached hydrogens (tertiary/aromatic N) is 2. The smallest absolute Gasteiger partial charge is 0.214 e. The third-order valence-corrected chi connectivity index (χ3v) is 2.43. The van der Waals surface area contributed by atoms with Gasteiger partial charge in [-0.1, -0.05) is 5.16 Å². The lowest BCUT2D eigenvalue weighted by Gasteiger charge is -2.02. The van der Waals surface area contributed by atoms with E-state index in [0.717, 1.165) is 15.8 Å². The minimum atomic E-state index is 0.555. The predicted molar refractivity (Wildman–Crippen MR) is 54.0 cm³/mol. The molecule has 0 aliphatic heterocycles. The molecule has 0 unspecified atom stereocenters. The molecule has 0 atom stereocenters. The Labute approximate surface area is 89.0 Å². The van der Waals surface area contributed by atoms with Crippen molar-refractivity contribution in [3.8, 4) is 17.1 Å². The number of methoxy groups -OCH3 is 1. The van der Waals surface area contributed by atoms with Crippen molar-refractivity contribution in [1.29, 1.82) is 0 Å². The number of ether oxygens (including phenoxy) is 1. The average molecular weight is 255 g/mol. The Morgan fingerprint density at radius 2 is 2.29 bits per heavy atom. The van der Waals surface area contributed by atoms with Gasteiger partial charge in [0.25, 0.3) is 0 Å². The molecule has 0 aliphatic rings. The van der Waals surface area contributed by atoms with Gasteiger partial charge in [-0.05, 0) is 34.1 Å². The van der Waals surface area contributed by atoms with Gasteiger partial charge in [-0.3, -0.25) is 0 Å². The van der Waals surface area contributed by atoms with E-state index >= 15 is 0 Å². The van der Waals surface area contributed by atoms with Gasteiger partial charge in [0.05, 0.1) is 7.11 Å². The summed E-state index contributed by atoms with van der Waals surface area (Å²) in [6, 6.07) is 5.57. The van der Waals surface area contributed by atoms with Crippen LogP contribution in [-0.4, -0.2) is 17.3 Å². The zero-order valence-electron chi connectivity index (χ0n) is 7.40. The van der Waals surface area contributed by atoms with Crippen LogP contribution in [0.5, 0.6) is 5.75 Å². The lowest BCUT2D eigenvalue weighted by molar-refractivity contribution is 0.414. The van der Waals surface area contributed by atoms with Crippen LogP contribution in [0.25, 0.3) is 11.4 Å². The van der Waals surface area contributed by atoms with E-state index in [2.05, 4.69) is 30.6 Å². The topological polar surface area (TPSA) is 48.2 Å². The van der Waals surface area contributed by atoms with Crippen molar-refractivity contribution >= 4 is 15.9 Å². The fraction of sp³-hybridized carbons (Fsp3) is 0.111. The maximum absolute atomic E-state index is 5.07. The van der Waals surface area contributed by atoms with Crippen molar-refractivity contribution in [3.63, 3.8) is 0 Å². The van der Waals surface area contributed by atoms with E-state index in [1.807, 2.05) is 18.2 Å². The van der Waals surface area contributed by atoms with Gasteiger partial charge in [0.15, 0.2) is 0 Å². The molecule has 0 amide bonds. The molecule has 72 valence electrons. The monoisotopic (exact) mass is 254 g/mol. The molecule has 1 aromatic carbocycles. The SMILES string of the molecule is COc1ccc(-c2ncon2)c(Br)c1. The first-order valence-electron chi connectivity index (χ1n) is 3.91. The number of halogens is 1.